The van der Waals surface area contributed by atoms with Crippen molar-refractivity contribution in [3.63, 3.8) is 0 Å². The number of ether oxygens (including phenoxy) is 1. The number of nitrogens with zero attached hydrogens (tertiary/aromatic N) is 1. The van der Waals surface area contributed by atoms with E-state index in [9.17, 15) is 0 Å². The van der Waals surface area contributed by atoms with Crippen LogP contribution < -0.4 is 5.73 Å². The lowest BCUT2D eigenvalue weighted by molar-refractivity contribution is 0.421. The van der Waals surface area contributed by atoms with Gasteiger partial charge in [-0.3, -0.25) is 4.99 Å². The van der Waals surface area contributed by atoms with Gasteiger partial charge in [0.25, 0.3) is 0 Å². The summed E-state index contributed by atoms with van der Waals surface area (Å²) >= 11 is 0. The summed E-state index contributed by atoms with van der Waals surface area (Å²) in [5, 5.41) is 0. The first-order chi connectivity index (χ1) is 4.99. The number of aliphatic imine (C=N–C) groups is 1. The molecule has 3 heteroatoms. The van der Waals surface area contributed by atoms with E-state index in [1.807, 2.05) is 13.8 Å². The standard InChI is InChI=1S/C8H16N2O/c1-5-11-7(10-4)6-8(2,3)9/h5H,1,6,9H2,2-4H3. The van der Waals surface area contributed by atoms with Gasteiger partial charge in [-0.1, -0.05) is 6.58 Å². The van der Waals surface area contributed by atoms with Crippen LogP contribution in [-0.4, -0.2) is 18.5 Å². The topological polar surface area (TPSA) is 47.6 Å². The lowest BCUT2D eigenvalue weighted by Gasteiger charge is -2.18. The van der Waals surface area contributed by atoms with Gasteiger partial charge in [-0.15, -0.1) is 0 Å². The second-order valence-electron chi connectivity index (χ2n) is 3.07. The maximum Gasteiger partial charge on any atom is 0.190 e. The third kappa shape index (κ3) is 5.61. The number of hydrogen-bond donors (Lipinski definition) is 1. The lowest BCUT2D eigenvalue weighted by atomic mass is 10.0. The first-order valence-corrected chi connectivity index (χ1v) is 3.51. The van der Waals surface area contributed by atoms with Crippen LogP contribution in [0.15, 0.2) is 17.8 Å². The summed E-state index contributed by atoms with van der Waals surface area (Å²) in [5.41, 5.74) is 5.47. The molecule has 0 unspecified atom stereocenters. The molecule has 0 radical (unpaired) electrons. The van der Waals surface area contributed by atoms with Gasteiger partial charge in [-0.05, 0) is 13.8 Å². The maximum absolute atomic E-state index is 5.75. The highest BCUT2D eigenvalue weighted by Gasteiger charge is 2.14. The molecule has 0 heterocycles. The van der Waals surface area contributed by atoms with Crippen molar-refractivity contribution in [1.29, 1.82) is 0 Å². The zero-order valence-corrected chi connectivity index (χ0v) is 7.42. The van der Waals surface area contributed by atoms with Crippen LogP contribution in [0, 0.1) is 0 Å². The molecular weight excluding hydrogens is 140 g/mol. The summed E-state index contributed by atoms with van der Waals surface area (Å²) in [4.78, 5) is 3.91. The molecule has 64 valence electrons. The predicted octanol–water partition coefficient (Wildman–Crippen LogP) is 1.30. The van der Waals surface area contributed by atoms with Crippen LogP contribution in [0.4, 0.5) is 0 Å². The van der Waals surface area contributed by atoms with E-state index in [0.29, 0.717) is 12.3 Å². The molecule has 0 aliphatic carbocycles. The van der Waals surface area contributed by atoms with Crippen molar-refractivity contribution < 1.29 is 4.74 Å². The third-order valence-corrected chi connectivity index (χ3v) is 1.08. The predicted molar refractivity (Wildman–Crippen MR) is 47.5 cm³/mol. The minimum absolute atomic E-state index is 0.280. The molecule has 0 amide bonds. The van der Waals surface area contributed by atoms with Gasteiger partial charge >= 0.3 is 0 Å². The number of hydrogen-bond acceptors (Lipinski definition) is 3. The van der Waals surface area contributed by atoms with Crippen molar-refractivity contribution in [2.24, 2.45) is 10.7 Å². The average Bonchev–Trinajstić information content (AvgIpc) is 1.84. The maximum atomic E-state index is 5.75. The molecule has 0 rings (SSSR count). The second-order valence-corrected chi connectivity index (χ2v) is 3.07. The summed E-state index contributed by atoms with van der Waals surface area (Å²) in [5.74, 6) is 0.618. The molecule has 0 bridgehead atoms. The van der Waals surface area contributed by atoms with Crippen LogP contribution in [0.5, 0.6) is 0 Å². The Kier molecular flexibility index (Phi) is 3.82. The minimum atomic E-state index is -0.280. The van der Waals surface area contributed by atoms with Gasteiger partial charge in [-0.25, -0.2) is 0 Å². The van der Waals surface area contributed by atoms with Gasteiger partial charge in [0, 0.05) is 19.0 Å². The molecule has 0 saturated carbocycles. The van der Waals surface area contributed by atoms with Crippen LogP contribution in [-0.2, 0) is 4.74 Å². The highest BCUT2D eigenvalue weighted by atomic mass is 16.5. The van der Waals surface area contributed by atoms with E-state index >= 15 is 0 Å². The Balaban J connectivity index is 4.00. The summed E-state index contributed by atoms with van der Waals surface area (Å²) < 4.78 is 5.00. The fourth-order valence-electron chi connectivity index (χ4n) is 0.659. The van der Waals surface area contributed by atoms with Crippen LogP contribution in [0.2, 0.25) is 0 Å². The van der Waals surface area contributed by atoms with E-state index in [1.165, 1.54) is 6.26 Å². The van der Waals surface area contributed by atoms with Crippen LogP contribution >= 0.6 is 0 Å². The Hall–Kier alpha value is -0.830. The first kappa shape index (κ1) is 10.2. The lowest BCUT2D eigenvalue weighted by Crippen LogP contribution is -2.34. The van der Waals surface area contributed by atoms with Crippen molar-refractivity contribution in [2.45, 2.75) is 25.8 Å². The van der Waals surface area contributed by atoms with Crippen molar-refractivity contribution in [3.8, 4) is 0 Å². The molecule has 11 heavy (non-hydrogen) atoms. The van der Waals surface area contributed by atoms with Crippen molar-refractivity contribution in [1.82, 2.24) is 0 Å². The molecule has 0 aromatic carbocycles. The monoisotopic (exact) mass is 156 g/mol. The van der Waals surface area contributed by atoms with E-state index < -0.39 is 0 Å². The first-order valence-electron chi connectivity index (χ1n) is 3.51. The fourth-order valence-corrected chi connectivity index (χ4v) is 0.659. The number of nitrogens with two attached hydrogens (primary N) is 1. The highest BCUT2D eigenvalue weighted by Crippen LogP contribution is 2.05. The Bertz CT molecular complexity index is 156. The molecule has 0 aromatic heterocycles. The summed E-state index contributed by atoms with van der Waals surface area (Å²) in [6.45, 7) is 7.28. The van der Waals surface area contributed by atoms with Gasteiger partial charge < -0.3 is 10.5 Å². The molecule has 0 aliphatic rings. The van der Waals surface area contributed by atoms with Gasteiger partial charge in [-0.2, -0.15) is 0 Å². The third-order valence-electron chi connectivity index (χ3n) is 1.08. The molecule has 2 N–H and O–H groups in total. The van der Waals surface area contributed by atoms with Crippen LogP contribution in [0.25, 0.3) is 0 Å². The SMILES string of the molecule is C=COC(CC(C)(C)N)=NC. The van der Waals surface area contributed by atoms with Crippen LogP contribution in [0.3, 0.4) is 0 Å². The Morgan fingerprint density at radius 2 is 2.27 bits per heavy atom. The van der Waals surface area contributed by atoms with E-state index in [0.717, 1.165) is 0 Å². The van der Waals surface area contributed by atoms with Gasteiger partial charge in [0.05, 0.1) is 6.26 Å². The smallest absolute Gasteiger partial charge is 0.190 e. The van der Waals surface area contributed by atoms with Gasteiger partial charge in [0.15, 0.2) is 5.90 Å². The highest BCUT2D eigenvalue weighted by molar-refractivity contribution is 5.77. The molecular formula is C8H16N2O. The largest absolute Gasteiger partial charge is 0.452 e. The number of rotatable bonds is 3. The normalized spacial score (nSPS) is 12.9. The van der Waals surface area contributed by atoms with Crippen LogP contribution in [0.1, 0.15) is 20.3 Å². The minimum Gasteiger partial charge on any atom is -0.452 e. The van der Waals surface area contributed by atoms with Gasteiger partial charge in [0.1, 0.15) is 0 Å². The zero-order chi connectivity index (χ0) is 8.91. The van der Waals surface area contributed by atoms with E-state index in [-0.39, 0.29) is 5.54 Å². The second kappa shape index (κ2) is 4.13. The van der Waals surface area contributed by atoms with Crippen molar-refractivity contribution >= 4 is 5.90 Å². The Morgan fingerprint density at radius 1 is 1.73 bits per heavy atom. The molecule has 0 saturated heterocycles. The average molecular weight is 156 g/mol. The molecule has 0 aromatic rings. The van der Waals surface area contributed by atoms with Crippen molar-refractivity contribution in [2.75, 3.05) is 7.05 Å². The molecule has 0 spiro atoms. The zero-order valence-electron chi connectivity index (χ0n) is 7.42. The summed E-state index contributed by atoms with van der Waals surface area (Å²) in [7, 11) is 1.67. The summed E-state index contributed by atoms with van der Waals surface area (Å²) in [6.07, 6.45) is 1.98. The molecule has 3 nitrogen and oxygen atoms in total. The Morgan fingerprint density at radius 3 is 2.55 bits per heavy atom. The Labute approximate surface area is 68.0 Å². The van der Waals surface area contributed by atoms with E-state index in [2.05, 4.69) is 11.6 Å². The van der Waals surface area contributed by atoms with Crippen molar-refractivity contribution in [3.05, 3.63) is 12.8 Å². The molecule has 0 atom stereocenters. The fraction of sp³-hybridized carbons (Fsp3) is 0.625. The van der Waals surface area contributed by atoms with E-state index in [1.54, 1.807) is 7.05 Å². The quantitative estimate of drug-likeness (QED) is 0.380. The molecule has 0 fully saturated rings. The molecule has 0 aliphatic heterocycles. The van der Waals surface area contributed by atoms with Gasteiger partial charge in [0.2, 0.25) is 0 Å². The summed E-state index contributed by atoms with van der Waals surface area (Å²) in [6, 6.07) is 0. The van der Waals surface area contributed by atoms with E-state index in [4.69, 9.17) is 10.5 Å².